The van der Waals surface area contributed by atoms with Gasteiger partial charge in [-0.3, -0.25) is 0 Å². The number of aromatic nitrogens is 1. The standard InChI is InChI=1S/C16H12ClNO/c17-15-8-7-14(10-18-15)16(19)13-6-5-11-3-1-2-4-12(11)9-13/h1-10,16,19H. The molecule has 3 aromatic rings. The van der Waals surface area contributed by atoms with Crippen LogP contribution in [0.25, 0.3) is 10.8 Å². The van der Waals surface area contributed by atoms with Crippen LogP contribution in [-0.2, 0) is 0 Å². The second-order valence-electron chi connectivity index (χ2n) is 4.42. The van der Waals surface area contributed by atoms with E-state index in [2.05, 4.69) is 11.1 Å². The van der Waals surface area contributed by atoms with Crippen molar-refractivity contribution in [2.24, 2.45) is 0 Å². The third kappa shape index (κ3) is 2.46. The van der Waals surface area contributed by atoms with Gasteiger partial charge in [0.1, 0.15) is 11.3 Å². The molecule has 0 aliphatic heterocycles. The fourth-order valence-electron chi connectivity index (χ4n) is 2.12. The highest BCUT2D eigenvalue weighted by molar-refractivity contribution is 6.29. The monoisotopic (exact) mass is 269 g/mol. The average molecular weight is 270 g/mol. The van der Waals surface area contributed by atoms with Crippen LogP contribution < -0.4 is 0 Å². The predicted octanol–water partition coefficient (Wildman–Crippen LogP) is 3.97. The highest BCUT2D eigenvalue weighted by atomic mass is 35.5. The summed E-state index contributed by atoms with van der Waals surface area (Å²) in [5, 5.41) is 13.1. The normalized spacial score (nSPS) is 12.5. The summed E-state index contributed by atoms with van der Waals surface area (Å²) in [4.78, 5) is 3.99. The zero-order chi connectivity index (χ0) is 13.2. The average Bonchev–Trinajstić information content (AvgIpc) is 2.47. The first kappa shape index (κ1) is 12.2. The Bertz CT molecular complexity index is 709. The van der Waals surface area contributed by atoms with E-state index in [4.69, 9.17) is 11.6 Å². The quantitative estimate of drug-likeness (QED) is 0.714. The third-order valence-electron chi connectivity index (χ3n) is 3.16. The van der Waals surface area contributed by atoms with Gasteiger partial charge < -0.3 is 5.11 Å². The molecule has 19 heavy (non-hydrogen) atoms. The van der Waals surface area contributed by atoms with Crippen molar-refractivity contribution in [3.05, 3.63) is 77.1 Å². The molecule has 0 amide bonds. The van der Waals surface area contributed by atoms with E-state index in [0.717, 1.165) is 21.9 Å². The lowest BCUT2D eigenvalue weighted by molar-refractivity contribution is 0.220. The molecule has 0 bridgehead atoms. The lowest BCUT2D eigenvalue weighted by Gasteiger charge is -2.12. The predicted molar refractivity (Wildman–Crippen MR) is 77.3 cm³/mol. The Labute approximate surface area is 116 Å². The minimum atomic E-state index is -0.686. The second kappa shape index (κ2) is 5.00. The first-order valence-corrected chi connectivity index (χ1v) is 6.40. The SMILES string of the molecule is OC(c1ccc(Cl)nc1)c1ccc2ccccc2c1. The molecule has 94 valence electrons. The van der Waals surface area contributed by atoms with E-state index in [9.17, 15) is 5.11 Å². The zero-order valence-corrected chi connectivity index (χ0v) is 10.9. The van der Waals surface area contributed by atoms with Crippen molar-refractivity contribution in [3.63, 3.8) is 0 Å². The Morgan fingerprint density at radius 1 is 0.895 bits per heavy atom. The van der Waals surface area contributed by atoms with Crippen LogP contribution in [0.5, 0.6) is 0 Å². The van der Waals surface area contributed by atoms with Crippen molar-refractivity contribution in [1.82, 2.24) is 4.98 Å². The first-order valence-electron chi connectivity index (χ1n) is 6.02. The molecule has 2 nitrogen and oxygen atoms in total. The van der Waals surface area contributed by atoms with Crippen LogP contribution >= 0.6 is 11.6 Å². The molecule has 2 aromatic carbocycles. The molecule has 0 fully saturated rings. The van der Waals surface area contributed by atoms with E-state index in [1.165, 1.54) is 0 Å². The summed E-state index contributed by atoms with van der Waals surface area (Å²) in [6.07, 6.45) is 0.914. The van der Waals surface area contributed by atoms with Crippen molar-refractivity contribution in [3.8, 4) is 0 Å². The fraction of sp³-hybridized carbons (Fsp3) is 0.0625. The zero-order valence-electron chi connectivity index (χ0n) is 10.1. The van der Waals surface area contributed by atoms with Gasteiger partial charge >= 0.3 is 0 Å². The topological polar surface area (TPSA) is 33.1 Å². The number of aliphatic hydroxyl groups is 1. The highest BCUT2D eigenvalue weighted by Crippen LogP contribution is 2.25. The smallest absolute Gasteiger partial charge is 0.129 e. The molecule has 1 atom stereocenters. The Kier molecular flexibility index (Phi) is 3.20. The van der Waals surface area contributed by atoms with Gasteiger partial charge in [0.25, 0.3) is 0 Å². The van der Waals surface area contributed by atoms with Crippen molar-refractivity contribution in [2.45, 2.75) is 6.10 Å². The molecule has 1 unspecified atom stereocenters. The number of halogens is 1. The molecule has 0 saturated heterocycles. The van der Waals surface area contributed by atoms with E-state index in [1.54, 1.807) is 18.3 Å². The van der Waals surface area contributed by atoms with Crippen molar-refractivity contribution in [2.75, 3.05) is 0 Å². The van der Waals surface area contributed by atoms with E-state index in [-0.39, 0.29) is 0 Å². The molecular formula is C16H12ClNO. The second-order valence-corrected chi connectivity index (χ2v) is 4.81. The van der Waals surface area contributed by atoms with Crippen molar-refractivity contribution < 1.29 is 5.11 Å². The summed E-state index contributed by atoms with van der Waals surface area (Å²) in [6.45, 7) is 0. The van der Waals surface area contributed by atoms with Crippen LogP contribution in [0.4, 0.5) is 0 Å². The molecule has 3 rings (SSSR count). The Morgan fingerprint density at radius 3 is 2.37 bits per heavy atom. The van der Waals surface area contributed by atoms with Gasteiger partial charge in [0, 0.05) is 11.8 Å². The van der Waals surface area contributed by atoms with Crippen LogP contribution in [0, 0.1) is 0 Å². The number of rotatable bonds is 2. The van der Waals surface area contributed by atoms with Gasteiger partial charge in [0.15, 0.2) is 0 Å². The summed E-state index contributed by atoms with van der Waals surface area (Å²) >= 11 is 5.75. The van der Waals surface area contributed by atoms with Gasteiger partial charge in [-0.1, -0.05) is 54.1 Å². The lowest BCUT2D eigenvalue weighted by Crippen LogP contribution is -2.00. The first-order chi connectivity index (χ1) is 9.24. The molecular weight excluding hydrogens is 258 g/mol. The summed E-state index contributed by atoms with van der Waals surface area (Å²) in [6, 6.07) is 17.5. The molecule has 1 heterocycles. The van der Waals surface area contributed by atoms with Crippen LogP contribution in [0.1, 0.15) is 17.2 Å². The van der Waals surface area contributed by atoms with Gasteiger partial charge in [0.2, 0.25) is 0 Å². The summed E-state index contributed by atoms with van der Waals surface area (Å²) in [5.74, 6) is 0. The van der Waals surface area contributed by atoms with E-state index >= 15 is 0 Å². The molecule has 0 aliphatic carbocycles. The van der Waals surface area contributed by atoms with Crippen molar-refractivity contribution >= 4 is 22.4 Å². The van der Waals surface area contributed by atoms with Gasteiger partial charge in [-0.15, -0.1) is 0 Å². The highest BCUT2D eigenvalue weighted by Gasteiger charge is 2.11. The van der Waals surface area contributed by atoms with Gasteiger partial charge in [-0.25, -0.2) is 4.98 Å². The van der Waals surface area contributed by atoms with Gasteiger partial charge in [-0.2, -0.15) is 0 Å². The van der Waals surface area contributed by atoms with Gasteiger partial charge in [-0.05, 0) is 28.5 Å². The van der Waals surface area contributed by atoms with E-state index in [0.29, 0.717) is 5.15 Å². The molecule has 0 saturated carbocycles. The summed E-state index contributed by atoms with van der Waals surface area (Å²) in [7, 11) is 0. The molecule has 1 N–H and O–H groups in total. The summed E-state index contributed by atoms with van der Waals surface area (Å²) in [5.41, 5.74) is 1.59. The Morgan fingerprint density at radius 2 is 1.63 bits per heavy atom. The van der Waals surface area contributed by atoms with Crippen LogP contribution in [0.3, 0.4) is 0 Å². The number of hydrogen-bond acceptors (Lipinski definition) is 2. The van der Waals surface area contributed by atoms with E-state index < -0.39 is 6.10 Å². The number of hydrogen-bond donors (Lipinski definition) is 1. The lowest BCUT2D eigenvalue weighted by atomic mass is 10.00. The van der Waals surface area contributed by atoms with Crippen LogP contribution in [0.15, 0.2) is 60.8 Å². The maximum Gasteiger partial charge on any atom is 0.129 e. The fourth-order valence-corrected chi connectivity index (χ4v) is 2.23. The van der Waals surface area contributed by atoms with Crippen molar-refractivity contribution in [1.29, 1.82) is 0 Å². The van der Waals surface area contributed by atoms with Crippen LogP contribution in [0.2, 0.25) is 5.15 Å². The number of aliphatic hydroxyl groups excluding tert-OH is 1. The van der Waals surface area contributed by atoms with E-state index in [1.807, 2.05) is 36.4 Å². The number of fused-ring (bicyclic) bond motifs is 1. The summed E-state index contributed by atoms with van der Waals surface area (Å²) < 4.78 is 0. The Balaban J connectivity index is 2.01. The largest absolute Gasteiger partial charge is 0.384 e. The minimum absolute atomic E-state index is 0.425. The molecule has 1 aromatic heterocycles. The minimum Gasteiger partial charge on any atom is -0.384 e. The molecule has 0 aliphatic rings. The molecule has 0 spiro atoms. The Hall–Kier alpha value is -1.90. The van der Waals surface area contributed by atoms with Crippen LogP contribution in [-0.4, -0.2) is 10.1 Å². The maximum atomic E-state index is 10.4. The molecule has 3 heteroatoms. The van der Waals surface area contributed by atoms with Gasteiger partial charge in [0.05, 0.1) is 0 Å². The number of benzene rings is 2. The molecule has 0 radical (unpaired) electrons. The number of nitrogens with zero attached hydrogens (tertiary/aromatic N) is 1. The third-order valence-corrected chi connectivity index (χ3v) is 3.38. The number of pyridine rings is 1. The maximum absolute atomic E-state index is 10.4.